The van der Waals surface area contributed by atoms with Crippen LogP contribution in [0.1, 0.15) is 57.6 Å². The topological polar surface area (TPSA) is 29.3 Å². The molecule has 1 saturated carbocycles. The number of nitrogens with zero attached hydrogens (tertiary/aromatic N) is 1. The molecule has 1 fully saturated rings. The molecule has 2 nitrogen and oxygen atoms in total. The molecule has 1 aromatic rings. The van der Waals surface area contributed by atoms with Crippen molar-refractivity contribution in [2.24, 2.45) is 11.7 Å². The van der Waals surface area contributed by atoms with Crippen molar-refractivity contribution in [2.75, 3.05) is 13.6 Å². The van der Waals surface area contributed by atoms with Gasteiger partial charge in [0.15, 0.2) is 0 Å². The summed E-state index contributed by atoms with van der Waals surface area (Å²) in [6.07, 6.45) is 6.33. The quantitative estimate of drug-likeness (QED) is 0.859. The zero-order valence-electron chi connectivity index (χ0n) is 13.6. The van der Waals surface area contributed by atoms with Crippen molar-refractivity contribution < 1.29 is 0 Å². The van der Waals surface area contributed by atoms with Crippen molar-refractivity contribution in [3.05, 3.63) is 34.9 Å². The van der Waals surface area contributed by atoms with E-state index in [1.807, 2.05) is 12.1 Å². The fourth-order valence-electron chi connectivity index (χ4n) is 4.16. The van der Waals surface area contributed by atoms with E-state index in [-0.39, 0.29) is 11.6 Å². The minimum Gasteiger partial charge on any atom is -0.329 e. The van der Waals surface area contributed by atoms with Crippen LogP contribution in [0.5, 0.6) is 0 Å². The summed E-state index contributed by atoms with van der Waals surface area (Å²) < 4.78 is 0. The van der Waals surface area contributed by atoms with E-state index in [4.69, 9.17) is 17.3 Å². The zero-order chi connectivity index (χ0) is 15.5. The van der Waals surface area contributed by atoms with E-state index in [0.717, 1.165) is 11.6 Å². The van der Waals surface area contributed by atoms with Gasteiger partial charge in [-0.2, -0.15) is 0 Å². The SMILES string of the molecule is CCC1CCCCC1(CN)N(C)C(C)c1ccccc1Cl. The molecule has 3 atom stereocenters. The van der Waals surface area contributed by atoms with Crippen molar-refractivity contribution in [2.45, 2.75) is 57.5 Å². The van der Waals surface area contributed by atoms with Gasteiger partial charge in [-0.05, 0) is 44.4 Å². The summed E-state index contributed by atoms with van der Waals surface area (Å²) in [6, 6.07) is 8.46. The standard InChI is InChI=1S/C18H29ClN2/c1-4-15-9-7-8-12-18(15,13-20)21(3)14(2)16-10-5-6-11-17(16)19/h5-6,10-11,14-15H,4,7-9,12-13,20H2,1-3H3. The van der Waals surface area contributed by atoms with Crippen LogP contribution < -0.4 is 5.73 Å². The second-order valence-corrected chi connectivity index (χ2v) is 6.87. The third kappa shape index (κ3) is 3.13. The Balaban J connectivity index is 2.30. The number of benzene rings is 1. The predicted octanol–water partition coefficient (Wildman–Crippen LogP) is 4.63. The average molecular weight is 309 g/mol. The zero-order valence-corrected chi connectivity index (χ0v) is 14.4. The maximum absolute atomic E-state index is 6.40. The molecule has 0 radical (unpaired) electrons. The first-order valence-electron chi connectivity index (χ1n) is 8.24. The molecule has 0 bridgehead atoms. The second-order valence-electron chi connectivity index (χ2n) is 6.47. The van der Waals surface area contributed by atoms with Crippen LogP contribution in [0.2, 0.25) is 5.02 Å². The Morgan fingerprint density at radius 3 is 2.71 bits per heavy atom. The van der Waals surface area contributed by atoms with Gasteiger partial charge in [0.1, 0.15) is 0 Å². The molecule has 0 saturated heterocycles. The Bertz CT molecular complexity index is 462. The van der Waals surface area contributed by atoms with E-state index >= 15 is 0 Å². The van der Waals surface area contributed by atoms with Gasteiger partial charge in [-0.1, -0.05) is 56.0 Å². The van der Waals surface area contributed by atoms with Crippen molar-refractivity contribution in [1.29, 1.82) is 0 Å². The second kappa shape index (κ2) is 7.13. The minimum atomic E-state index is 0.117. The molecule has 1 aromatic carbocycles. The summed E-state index contributed by atoms with van der Waals surface area (Å²) in [6.45, 7) is 5.28. The van der Waals surface area contributed by atoms with Crippen LogP contribution in [0.3, 0.4) is 0 Å². The van der Waals surface area contributed by atoms with E-state index in [9.17, 15) is 0 Å². The fraction of sp³-hybridized carbons (Fsp3) is 0.667. The van der Waals surface area contributed by atoms with E-state index in [1.54, 1.807) is 0 Å². The molecule has 3 heteroatoms. The first-order valence-corrected chi connectivity index (χ1v) is 8.62. The monoisotopic (exact) mass is 308 g/mol. The highest BCUT2D eigenvalue weighted by atomic mass is 35.5. The highest BCUT2D eigenvalue weighted by molar-refractivity contribution is 6.31. The maximum atomic E-state index is 6.40. The van der Waals surface area contributed by atoms with E-state index in [0.29, 0.717) is 5.92 Å². The van der Waals surface area contributed by atoms with Crippen LogP contribution in [0.4, 0.5) is 0 Å². The molecule has 0 aromatic heterocycles. The Labute approximate surface area is 134 Å². The first-order chi connectivity index (χ1) is 10.1. The van der Waals surface area contributed by atoms with Crippen LogP contribution in [0.15, 0.2) is 24.3 Å². The summed E-state index contributed by atoms with van der Waals surface area (Å²) in [4.78, 5) is 2.50. The molecule has 2 N–H and O–H groups in total. The Hall–Kier alpha value is -0.570. The summed E-state index contributed by atoms with van der Waals surface area (Å²) in [7, 11) is 2.23. The van der Waals surface area contributed by atoms with Crippen molar-refractivity contribution in [1.82, 2.24) is 4.90 Å². The van der Waals surface area contributed by atoms with Crippen LogP contribution >= 0.6 is 11.6 Å². The van der Waals surface area contributed by atoms with Crippen LogP contribution in [0.25, 0.3) is 0 Å². The highest BCUT2D eigenvalue weighted by Gasteiger charge is 2.43. The number of hydrogen-bond acceptors (Lipinski definition) is 2. The van der Waals surface area contributed by atoms with Gasteiger partial charge in [0, 0.05) is 23.1 Å². The number of halogens is 1. The largest absolute Gasteiger partial charge is 0.329 e. The summed E-state index contributed by atoms with van der Waals surface area (Å²) in [5.74, 6) is 0.686. The first kappa shape index (κ1) is 16.8. The van der Waals surface area contributed by atoms with Gasteiger partial charge in [-0.3, -0.25) is 4.90 Å². The lowest BCUT2D eigenvalue weighted by Crippen LogP contribution is -2.59. The van der Waals surface area contributed by atoms with Crippen LogP contribution in [0, 0.1) is 5.92 Å². The molecule has 21 heavy (non-hydrogen) atoms. The van der Waals surface area contributed by atoms with Gasteiger partial charge in [-0.25, -0.2) is 0 Å². The van der Waals surface area contributed by atoms with Crippen LogP contribution in [-0.4, -0.2) is 24.0 Å². The summed E-state index contributed by atoms with van der Waals surface area (Å²) >= 11 is 6.40. The predicted molar refractivity (Wildman–Crippen MR) is 91.7 cm³/mol. The van der Waals surface area contributed by atoms with E-state index < -0.39 is 0 Å². The number of rotatable bonds is 5. The lowest BCUT2D eigenvalue weighted by atomic mass is 9.70. The van der Waals surface area contributed by atoms with Gasteiger partial charge in [0.2, 0.25) is 0 Å². The smallest absolute Gasteiger partial charge is 0.0453 e. The molecule has 0 heterocycles. The molecular formula is C18H29ClN2. The molecule has 3 unspecified atom stereocenters. The van der Waals surface area contributed by atoms with E-state index in [1.165, 1.54) is 37.7 Å². The Kier molecular flexibility index (Phi) is 5.70. The minimum absolute atomic E-state index is 0.117. The average Bonchev–Trinajstić information content (AvgIpc) is 2.53. The van der Waals surface area contributed by atoms with Gasteiger partial charge in [0.25, 0.3) is 0 Å². The lowest BCUT2D eigenvalue weighted by molar-refractivity contribution is -0.00239. The third-order valence-corrected chi connectivity index (χ3v) is 6.00. The number of likely N-dealkylation sites (N-methyl/N-ethyl adjacent to an activating group) is 1. The van der Waals surface area contributed by atoms with Gasteiger partial charge >= 0.3 is 0 Å². The third-order valence-electron chi connectivity index (χ3n) is 5.66. The highest BCUT2D eigenvalue weighted by Crippen LogP contribution is 2.43. The number of hydrogen-bond donors (Lipinski definition) is 1. The normalized spacial score (nSPS) is 27.8. The molecule has 0 aliphatic heterocycles. The van der Waals surface area contributed by atoms with Gasteiger partial charge < -0.3 is 5.73 Å². The number of nitrogens with two attached hydrogens (primary N) is 1. The molecule has 2 rings (SSSR count). The lowest BCUT2D eigenvalue weighted by Gasteiger charge is -2.52. The summed E-state index contributed by atoms with van der Waals surface area (Å²) in [5, 5.41) is 0.855. The molecule has 0 spiro atoms. The van der Waals surface area contributed by atoms with Gasteiger partial charge in [-0.15, -0.1) is 0 Å². The summed E-state index contributed by atoms with van der Waals surface area (Å²) in [5.41, 5.74) is 7.60. The van der Waals surface area contributed by atoms with Crippen molar-refractivity contribution >= 4 is 11.6 Å². The van der Waals surface area contributed by atoms with Gasteiger partial charge in [0.05, 0.1) is 0 Å². The Morgan fingerprint density at radius 1 is 1.38 bits per heavy atom. The van der Waals surface area contributed by atoms with Crippen molar-refractivity contribution in [3.8, 4) is 0 Å². The fourth-order valence-corrected chi connectivity index (χ4v) is 4.46. The van der Waals surface area contributed by atoms with E-state index in [2.05, 4.69) is 37.9 Å². The van der Waals surface area contributed by atoms with Crippen molar-refractivity contribution in [3.63, 3.8) is 0 Å². The molecular weight excluding hydrogens is 280 g/mol. The Morgan fingerprint density at radius 2 is 2.10 bits per heavy atom. The van der Waals surface area contributed by atoms with Crippen LogP contribution in [-0.2, 0) is 0 Å². The molecule has 1 aliphatic rings. The maximum Gasteiger partial charge on any atom is 0.0453 e. The molecule has 0 amide bonds. The molecule has 118 valence electrons. The molecule has 1 aliphatic carbocycles.